The van der Waals surface area contributed by atoms with E-state index in [1.165, 1.54) is 0 Å². The molecule has 0 aliphatic heterocycles. The average Bonchev–Trinajstić information content (AvgIpc) is 3.00. The topological polar surface area (TPSA) is 90.3 Å². The first-order chi connectivity index (χ1) is 11.1. The summed E-state index contributed by atoms with van der Waals surface area (Å²) in [7, 11) is 0. The van der Waals surface area contributed by atoms with Crippen molar-refractivity contribution in [3.05, 3.63) is 41.4 Å². The summed E-state index contributed by atoms with van der Waals surface area (Å²) in [6.07, 6.45) is -9.40. The van der Waals surface area contributed by atoms with Crippen molar-refractivity contribution in [2.75, 3.05) is 5.32 Å². The molecule has 0 aliphatic rings. The number of halogens is 6. The quantitative estimate of drug-likeness (QED) is 0.657. The lowest BCUT2D eigenvalue weighted by atomic mass is 10.1. The number of aromatic amines is 1. The highest BCUT2D eigenvalue weighted by molar-refractivity contribution is 5.74. The molecule has 6 nitrogen and oxygen atoms in total. The molecule has 0 bridgehead atoms. The maximum Gasteiger partial charge on any atom is 0.417 e. The van der Waals surface area contributed by atoms with Gasteiger partial charge in [-0.1, -0.05) is 0 Å². The number of anilines is 1. The molecule has 0 atom stereocenters. The molecule has 0 saturated heterocycles. The summed E-state index contributed by atoms with van der Waals surface area (Å²) < 4.78 is 76.4. The summed E-state index contributed by atoms with van der Waals surface area (Å²) in [4.78, 5) is 0. The SMILES string of the molecule is N#CC(=CNc1ccc(C(F)(F)F)c(C(F)(F)F)c1)c1nn[nH]n1. The van der Waals surface area contributed by atoms with Crippen LogP contribution in [0, 0.1) is 11.3 Å². The molecule has 1 aromatic heterocycles. The second-order valence-corrected chi connectivity index (χ2v) is 4.31. The molecular formula is C12H6F6N6. The van der Waals surface area contributed by atoms with Crippen LogP contribution in [-0.4, -0.2) is 20.6 Å². The van der Waals surface area contributed by atoms with Crippen molar-refractivity contribution >= 4 is 11.3 Å². The Morgan fingerprint density at radius 1 is 1.12 bits per heavy atom. The van der Waals surface area contributed by atoms with Crippen LogP contribution in [0.5, 0.6) is 0 Å². The Hall–Kier alpha value is -3.10. The lowest BCUT2D eigenvalue weighted by Crippen LogP contribution is -2.16. The van der Waals surface area contributed by atoms with Crippen LogP contribution >= 0.6 is 0 Å². The van der Waals surface area contributed by atoms with Crippen LogP contribution in [0.3, 0.4) is 0 Å². The molecule has 0 aliphatic carbocycles. The molecule has 1 aromatic carbocycles. The van der Waals surface area contributed by atoms with E-state index in [9.17, 15) is 26.3 Å². The van der Waals surface area contributed by atoms with Gasteiger partial charge in [0.15, 0.2) is 0 Å². The molecule has 0 unspecified atom stereocenters. The highest BCUT2D eigenvalue weighted by Gasteiger charge is 2.43. The van der Waals surface area contributed by atoms with Crippen LogP contribution in [-0.2, 0) is 12.4 Å². The van der Waals surface area contributed by atoms with E-state index in [0.717, 1.165) is 12.3 Å². The largest absolute Gasteiger partial charge is 0.417 e. The first kappa shape index (κ1) is 17.3. The predicted molar refractivity (Wildman–Crippen MR) is 67.8 cm³/mol. The molecule has 2 rings (SSSR count). The van der Waals surface area contributed by atoms with Gasteiger partial charge in [-0.3, -0.25) is 0 Å². The maximum atomic E-state index is 12.8. The third-order valence-electron chi connectivity index (χ3n) is 2.72. The predicted octanol–water partition coefficient (Wildman–Crippen LogP) is 3.21. The van der Waals surface area contributed by atoms with Gasteiger partial charge >= 0.3 is 12.4 Å². The second kappa shape index (κ2) is 6.19. The molecule has 1 heterocycles. The van der Waals surface area contributed by atoms with Crippen LogP contribution in [0.1, 0.15) is 17.0 Å². The fraction of sp³-hybridized carbons (Fsp3) is 0.167. The summed E-state index contributed by atoms with van der Waals surface area (Å²) in [5.74, 6) is -0.132. The lowest BCUT2D eigenvalue weighted by Gasteiger charge is -2.16. The Morgan fingerprint density at radius 3 is 2.29 bits per heavy atom. The monoisotopic (exact) mass is 348 g/mol. The van der Waals surface area contributed by atoms with E-state index in [4.69, 9.17) is 5.26 Å². The Morgan fingerprint density at radius 2 is 1.79 bits per heavy atom. The number of nitrogens with one attached hydrogen (secondary N) is 2. The van der Waals surface area contributed by atoms with Gasteiger partial charge in [0, 0.05) is 11.9 Å². The van der Waals surface area contributed by atoms with Gasteiger partial charge in [0.2, 0.25) is 5.82 Å². The first-order valence-corrected chi connectivity index (χ1v) is 6.02. The Kier molecular flexibility index (Phi) is 4.45. The number of benzene rings is 1. The Balaban J connectivity index is 2.38. The molecule has 2 N–H and O–H groups in total. The highest BCUT2D eigenvalue weighted by Crippen LogP contribution is 2.41. The van der Waals surface area contributed by atoms with Gasteiger partial charge < -0.3 is 5.32 Å². The van der Waals surface area contributed by atoms with Gasteiger partial charge in [0.05, 0.1) is 11.1 Å². The van der Waals surface area contributed by atoms with Gasteiger partial charge in [0.1, 0.15) is 11.6 Å². The number of hydrogen-bond donors (Lipinski definition) is 2. The van der Waals surface area contributed by atoms with E-state index >= 15 is 0 Å². The Bertz CT molecular complexity index is 784. The molecule has 12 heteroatoms. The molecule has 126 valence electrons. The highest BCUT2D eigenvalue weighted by atomic mass is 19.4. The third kappa shape index (κ3) is 3.80. The second-order valence-electron chi connectivity index (χ2n) is 4.31. The van der Waals surface area contributed by atoms with Crippen LogP contribution < -0.4 is 5.32 Å². The molecule has 0 amide bonds. The van der Waals surface area contributed by atoms with Gasteiger partial charge in [-0.05, 0) is 23.4 Å². The number of H-pyrrole nitrogens is 1. The fourth-order valence-corrected chi connectivity index (χ4v) is 1.69. The van der Waals surface area contributed by atoms with Crippen LogP contribution in [0.4, 0.5) is 32.0 Å². The molecule has 0 fully saturated rings. The minimum atomic E-state index is -5.20. The Labute approximate surface area is 129 Å². The number of hydrogen-bond acceptors (Lipinski definition) is 5. The van der Waals surface area contributed by atoms with E-state index in [-0.39, 0.29) is 17.1 Å². The fourth-order valence-electron chi connectivity index (χ4n) is 1.69. The van der Waals surface area contributed by atoms with Crippen molar-refractivity contribution in [3.63, 3.8) is 0 Å². The molecule has 0 saturated carbocycles. The van der Waals surface area contributed by atoms with Crippen LogP contribution in [0.15, 0.2) is 24.4 Å². The van der Waals surface area contributed by atoms with E-state index in [1.54, 1.807) is 6.07 Å². The minimum Gasteiger partial charge on any atom is -0.360 e. The molecule has 0 radical (unpaired) electrons. The summed E-state index contributed by atoms with van der Waals surface area (Å²) >= 11 is 0. The third-order valence-corrected chi connectivity index (χ3v) is 2.72. The number of tetrazole rings is 1. The number of alkyl halides is 6. The molecular weight excluding hydrogens is 342 g/mol. The van der Waals surface area contributed by atoms with Crippen molar-refractivity contribution in [3.8, 4) is 6.07 Å². The van der Waals surface area contributed by atoms with Crippen LogP contribution in [0.25, 0.3) is 5.57 Å². The van der Waals surface area contributed by atoms with E-state index in [1.807, 2.05) is 0 Å². The molecule has 24 heavy (non-hydrogen) atoms. The van der Waals surface area contributed by atoms with Crippen LogP contribution in [0.2, 0.25) is 0 Å². The smallest absolute Gasteiger partial charge is 0.360 e. The maximum absolute atomic E-state index is 12.8. The zero-order valence-corrected chi connectivity index (χ0v) is 11.4. The van der Waals surface area contributed by atoms with Gasteiger partial charge in [-0.2, -0.15) is 36.8 Å². The summed E-state index contributed by atoms with van der Waals surface area (Å²) in [5, 5.41) is 23.5. The van der Waals surface area contributed by atoms with Gasteiger partial charge in [-0.25, -0.2) is 0 Å². The van der Waals surface area contributed by atoms with E-state index < -0.39 is 23.5 Å². The van der Waals surface area contributed by atoms with Crippen molar-refractivity contribution in [2.24, 2.45) is 0 Å². The van der Waals surface area contributed by atoms with Gasteiger partial charge in [-0.15, -0.1) is 10.2 Å². The van der Waals surface area contributed by atoms with Gasteiger partial charge in [0.25, 0.3) is 0 Å². The number of nitriles is 1. The van der Waals surface area contributed by atoms with Crippen molar-refractivity contribution < 1.29 is 26.3 Å². The molecule has 2 aromatic rings. The summed E-state index contributed by atoms with van der Waals surface area (Å²) in [6, 6.07) is 3.07. The number of rotatable bonds is 3. The summed E-state index contributed by atoms with van der Waals surface area (Å²) in [6.45, 7) is 0. The zero-order chi connectivity index (χ0) is 18.0. The normalized spacial score (nSPS) is 12.8. The van der Waals surface area contributed by atoms with Crippen molar-refractivity contribution in [2.45, 2.75) is 12.4 Å². The van der Waals surface area contributed by atoms with Crippen molar-refractivity contribution in [1.29, 1.82) is 5.26 Å². The minimum absolute atomic E-state index is 0.132. The van der Waals surface area contributed by atoms with E-state index in [0.29, 0.717) is 12.1 Å². The zero-order valence-electron chi connectivity index (χ0n) is 11.4. The summed E-state index contributed by atoms with van der Waals surface area (Å²) in [5.41, 5.74) is -4.13. The van der Waals surface area contributed by atoms with Crippen molar-refractivity contribution in [1.82, 2.24) is 20.6 Å². The number of nitrogens with zero attached hydrogens (tertiary/aromatic N) is 4. The first-order valence-electron chi connectivity index (χ1n) is 6.02. The van der Waals surface area contributed by atoms with E-state index in [2.05, 4.69) is 25.9 Å². The number of aromatic nitrogens is 4. The standard InChI is InChI=1S/C12H6F6N6/c13-11(14,15)8-2-1-7(3-9(8)12(16,17)18)20-5-6(4-19)10-21-23-24-22-10/h1-3,5,20H,(H,21,22,23,24). The molecule has 0 spiro atoms. The average molecular weight is 348 g/mol. The number of allylic oxidation sites excluding steroid dienone is 1. The lowest BCUT2D eigenvalue weighted by molar-refractivity contribution is -0.162.